The minimum Gasteiger partial charge on any atom is -0.328 e. The third kappa shape index (κ3) is 2.96. The maximum atomic E-state index is 10.9. The van der Waals surface area contributed by atoms with Crippen LogP contribution in [0.2, 0.25) is 0 Å². The maximum absolute atomic E-state index is 10.9. The lowest BCUT2D eigenvalue weighted by Crippen LogP contribution is -2.21. The van der Waals surface area contributed by atoms with E-state index in [9.17, 15) is 4.79 Å². The predicted molar refractivity (Wildman–Crippen MR) is 63.4 cm³/mol. The van der Waals surface area contributed by atoms with Crippen LogP contribution in [0.4, 0.5) is 4.79 Å². The van der Waals surface area contributed by atoms with Crippen molar-refractivity contribution >= 4 is 17.0 Å². The molecule has 0 atom stereocenters. The Morgan fingerprint density at radius 2 is 1.73 bits per heavy atom. The molecule has 2 nitrogen and oxygen atoms in total. The molecule has 0 aliphatic heterocycles. The molecular formula is C12H16ClNO. The van der Waals surface area contributed by atoms with Crippen molar-refractivity contribution in [3.8, 4) is 0 Å². The molecule has 0 aliphatic rings. The highest BCUT2D eigenvalue weighted by molar-refractivity contribution is 6.62. The number of carbonyl (C=O) groups is 1. The summed E-state index contributed by atoms with van der Waals surface area (Å²) in [7, 11) is 1.70. The van der Waals surface area contributed by atoms with Crippen LogP contribution in [0.25, 0.3) is 0 Å². The second-order valence-corrected chi connectivity index (χ2v) is 4.31. The molecule has 0 fully saturated rings. The van der Waals surface area contributed by atoms with Gasteiger partial charge in [-0.05, 0) is 49.1 Å². The van der Waals surface area contributed by atoms with Crippen LogP contribution in [-0.2, 0) is 6.54 Å². The normalized spacial score (nSPS) is 10.2. The summed E-state index contributed by atoms with van der Waals surface area (Å²) in [6.07, 6.45) is 0. The Morgan fingerprint density at radius 3 is 2.13 bits per heavy atom. The van der Waals surface area contributed by atoms with Crippen LogP contribution in [0.3, 0.4) is 0 Å². The van der Waals surface area contributed by atoms with Gasteiger partial charge in [0.1, 0.15) is 0 Å². The molecule has 82 valence electrons. The van der Waals surface area contributed by atoms with E-state index in [4.69, 9.17) is 11.6 Å². The van der Waals surface area contributed by atoms with Gasteiger partial charge in [-0.25, -0.2) is 0 Å². The standard InChI is InChI=1S/C12H16ClNO/c1-8-5-9(2)11(10(3)6-8)7-14(4)12(13)15/h5-6H,7H2,1-4H3. The SMILES string of the molecule is Cc1cc(C)c(CN(C)C(=O)Cl)c(C)c1. The van der Waals surface area contributed by atoms with E-state index in [-0.39, 0.29) is 0 Å². The fourth-order valence-corrected chi connectivity index (χ4v) is 1.82. The van der Waals surface area contributed by atoms with Gasteiger partial charge in [0.25, 0.3) is 0 Å². The third-order valence-electron chi connectivity index (χ3n) is 2.54. The minimum absolute atomic E-state index is 0.422. The van der Waals surface area contributed by atoms with Gasteiger partial charge in [0.2, 0.25) is 0 Å². The fraction of sp³-hybridized carbons (Fsp3) is 0.417. The van der Waals surface area contributed by atoms with E-state index in [1.54, 1.807) is 7.05 Å². The summed E-state index contributed by atoms with van der Waals surface area (Å²) in [6, 6.07) is 4.24. The Balaban J connectivity index is 3.00. The average Bonchev–Trinajstić information content (AvgIpc) is 2.10. The molecule has 1 aromatic carbocycles. The lowest BCUT2D eigenvalue weighted by Gasteiger charge is -2.17. The maximum Gasteiger partial charge on any atom is 0.316 e. The van der Waals surface area contributed by atoms with Crippen molar-refractivity contribution in [3.63, 3.8) is 0 Å². The Kier molecular flexibility index (Phi) is 3.75. The van der Waals surface area contributed by atoms with Gasteiger partial charge in [0, 0.05) is 13.6 Å². The molecule has 3 heteroatoms. The van der Waals surface area contributed by atoms with Gasteiger partial charge in [-0.15, -0.1) is 0 Å². The van der Waals surface area contributed by atoms with Crippen molar-refractivity contribution in [2.75, 3.05) is 7.05 Å². The van der Waals surface area contributed by atoms with E-state index in [0.29, 0.717) is 6.54 Å². The topological polar surface area (TPSA) is 20.3 Å². The van der Waals surface area contributed by atoms with Gasteiger partial charge in [0.05, 0.1) is 0 Å². The van der Waals surface area contributed by atoms with Crippen LogP contribution >= 0.6 is 11.6 Å². The zero-order valence-electron chi connectivity index (χ0n) is 9.60. The third-order valence-corrected chi connectivity index (χ3v) is 2.82. The van der Waals surface area contributed by atoms with E-state index in [0.717, 1.165) is 0 Å². The second kappa shape index (κ2) is 4.67. The predicted octanol–water partition coefficient (Wildman–Crippen LogP) is 3.40. The molecule has 0 heterocycles. The Morgan fingerprint density at radius 1 is 1.27 bits per heavy atom. The Labute approximate surface area is 95.8 Å². The number of rotatable bonds is 2. The average molecular weight is 226 g/mol. The number of hydrogen-bond acceptors (Lipinski definition) is 1. The monoisotopic (exact) mass is 225 g/mol. The van der Waals surface area contributed by atoms with Gasteiger partial charge in [0.15, 0.2) is 0 Å². The molecule has 1 amide bonds. The van der Waals surface area contributed by atoms with E-state index < -0.39 is 5.37 Å². The summed E-state index contributed by atoms with van der Waals surface area (Å²) in [4.78, 5) is 12.4. The Bertz CT molecular complexity index is 364. The summed E-state index contributed by atoms with van der Waals surface area (Å²) in [5.41, 5.74) is 4.83. The molecule has 0 bridgehead atoms. The molecule has 0 aromatic heterocycles. The molecule has 0 N–H and O–H groups in total. The molecule has 15 heavy (non-hydrogen) atoms. The molecule has 1 aromatic rings. The summed E-state index contributed by atoms with van der Waals surface area (Å²) in [5.74, 6) is 0. The van der Waals surface area contributed by atoms with E-state index in [1.807, 2.05) is 0 Å². The number of benzene rings is 1. The smallest absolute Gasteiger partial charge is 0.316 e. The zero-order chi connectivity index (χ0) is 11.6. The number of nitrogens with zero attached hydrogens (tertiary/aromatic N) is 1. The van der Waals surface area contributed by atoms with Gasteiger partial charge in [-0.1, -0.05) is 17.7 Å². The van der Waals surface area contributed by atoms with Crippen molar-refractivity contribution in [2.24, 2.45) is 0 Å². The van der Waals surface area contributed by atoms with Crippen molar-refractivity contribution < 1.29 is 4.79 Å². The van der Waals surface area contributed by atoms with E-state index in [2.05, 4.69) is 32.9 Å². The highest BCUT2D eigenvalue weighted by atomic mass is 35.5. The summed E-state index contributed by atoms with van der Waals surface area (Å²) in [5, 5.41) is -0.422. The van der Waals surface area contributed by atoms with E-state index in [1.165, 1.54) is 27.2 Å². The second-order valence-electron chi connectivity index (χ2n) is 3.99. The van der Waals surface area contributed by atoms with E-state index >= 15 is 0 Å². The van der Waals surface area contributed by atoms with Crippen LogP contribution in [0, 0.1) is 20.8 Å². The molecule has 0 saturated carbocycles. The fourth-order valence-electron chi connectivity index (χ4n) is 1.76. The highest BCUT2D eigenvalue weighted by Crippen LogP contribution is 2.18. The first kappa shape index (κ1) is 12.1. The first-order valence-corrected chi connectivity index (χ1v) is 5.27. The first-order chi connectivity index (χ1) is 6.91. The van der Waals surface area contributed by atoms with Crippen LogP contribution in [0.5, 0.6) is 0 Å². The molecule has 1 rings (SSSR count). The van der Waals surface area contributed by atoms with Crippen molar-refractivity contribution in [2.45, 2.75) is 27.3 Å². The number of aryl methyl sites for hydroxylation is 3. The minimum atomic E-state index is -0.422. The number of carbonyl (C=O) groups excluding carboxylic acids is 1. The van der Waals surface area contributed by atoms with Crippen LogP contribution in [0.1, 0.15) is 22.3 Å². The first-order valence-electron chi connectivity index (χ1n) is 4.89. The van der Waals surface area contributed by atoms with Crippen LogP contribution in [0.15, 0.2) is 12.1 Å². The number of hydrogen-bond donors (Lipinski definition) is 0. The van der Waals surface area contributed by atoms with Gasteiger partial charge < -0.3 is 4.90 Å². The molecule has 0 unspecified atom stereocenters. The Hall–Kier alpha value is -1.02. The van der Waals surface area contributed by atoms with Crippen molar-refractivity contribution in [3.05, 3.63) is 34.4 Å². The summed E-state index contributed by atoms with van der Waals surface area (Å²) < 4.78 is 0. The molecule has 0 saturated heterocycles. The summed E-state index contributed by atoms with van der Waals surface area (Å²) >= 11 is 5.40. The van der Waals surface area contributed by atoms with Gasteiger partial charge >= 0.3 is 5.37 Å². The largest absolute Gasteiger partial charge is 0.328 e. The van der Waals surface area contributed by atoms with Crippen molar-refractivity contribution in [1.82, 2.24) is 4.90 Å². The molecular weight excluding hydrogens is 210 g/mol. The van der Waals surface area contributed by atoms with Crippen molar-refractivity contribution in [1.29, 1.82) is 0 Å². The molecule has 0 radical (unpaired) electrons. The number of amides is 1. The molecule has 0 spiro atoms. The lowest BCUT2D eigenvalue weighted by atomic mass is 10.00. The molecule has 0 aliphatic carbocycles. The van der Waals surface area contributed by atoms with Gasteiger partial charge in [-0.3, -0.25) is 4.79 Å². The highest BCUT2D eigenvalue weighted by Gasteiger charge is 2.09. The van der Waals surface area contributed by atoms with Crippen LogP contribution < -0.4 is 0 Å². The quantitative estimate of drug-likeness (QED) is 0.558. The number of halogens is 1. The summed E-state index contributed by atoms with van der Waals surface area (Å²) in [6.45, 7) is 6.75. The lowest BCUT2D eigenvalue weighted by molar-refractivity contribution is 0.230. The van der Waals surface area contributed by atoms with Gasteiger partial charge in [-0.2, -0.15) is 0 Å². The zero-order valence-corrected chi connectivity index (χ0v) is 10.4. The van der Waals surface area contributed by atoms with Crippen LogP contribution in [-0.4, -0.2) is 17.3 Å².